The van der Waals surface area contributed by atoms with Gasteiger partial charge in [0.15, 0.2) is 0 Å². The van der Waals surface area contributed by atoms with Crippen molar-refractivity contribution in [3.8, 4) is 0 Å². The van der Waals surface area contributed by atoms with E-state index in [9.17, 15) is 9.59 Å². The molecule has 0 bridgehead atoms. The summed E-state index contributed by atoms with van der Waals surface area (Å²) in [4.78, 5) is 26.6. The molecule has 0 radical (unpaired) electrons. The van der Waals surface area contributed by atoms with Gasteiger partial charge in [-0.25, -0.2) is 0 Å². The Morgan fingerprint density at radius 1 is 0.846 bits per heavy atom. The highest BCUT2D eigenvalue weighted by Crippen LogP contribution is 2.34. The second kappa shape index (κ2) is 21.0. The molecule has 39 heavy (non-hydrogen) atoms. The van der Waals surface area contributed by atoms with Crippen molar-refractivity contribution in [2.24, 2.45) is 23.7 Å². The fraction of sp³-hybridized carbons (Fsp3) is 0.771. The molecule has 1 aliphatic rings. The maximum Gasteiger partial charge on any atom is 0.310 e. The molecule has 0 aromatic heterocycles. The van der Waals surface area contributed by atoms with E-state index in [1.54, 1.807) is 0 Å². The van der Waals surface area contributed by atoms with E-state index in [1.165, 1.54) is 16.7 Å². The number of ether oxygens (including phenoxy) is 2. The minimum Gasteiger partial charge on any atom is -0.465 e. The summed E-state index contributed by atoms with van der Waals surface area (Å²) < 4.78 is 11.7. The molecule has 0 N–H and O–H groups in total. The van der Waals surface area contributed by atoms with Gasteiger partial charge in [0.25, 0.3) is 0 Å². The standard InChI is InChI=1S/C35H60O4/c1-8-12-19-29(10-3)25-38-34(36)32-23-22-31(21-15-18-28(7)17-14-16-27(5)6)24-33(32)35(37)39-26-30(11-4)20-13-9-2/h16,18,22,29-30,32-33H,8-15,17,19-21,23-26H2,1-7H3/b28-18+. The quantitative estimate of drug-likeness (QED) is 0.113. The van der Waals surface area contributed by atoms with Gasteiger partial charge >= 0.3 is 11.9 Å². The minimum atomic E-state index is -0.445. The number of hydrogen-bond donors (Lipinski definition) is 0. The SMILES string of the molecule is CCCCC(CC)COC(=O)C1CC=C(CC/C=C(\C)CCC=C(C)C)CC1C(=O)OCC(CC)CCCC. The third-order valence-electron chi connectivity index (χ3n) is 8.29. The van der Waals surface area contributed by atoms with Crippen molar-refractivity contribution in [2.45, 2.75) is 138 Å². The van der Waals surface area contributed by atoms with Gasteiger partial charge in [-0.05, 0) is 84.0 Å². The summed E-state index contributed by atoms with van der Waals surface area (Å²) in [6.07, 6.45) is 20.8. The summed E-state index contributed by atoms with van der Waals surface area (Å²) in [6.45, 7) is 16.1. The highest BCUT2D eigenvalue weighted by molar-refractivity contribution is 5.83. The summed E-state index contributed by atoms with van der Waals surface area (Å²) in [5, 5.41) is 0. The van der Waals surface area contributed by atoms with Crippen LogP contribution in [0, 0.1) is 23.7 Å². The number of allylic oxidation sites excluding steroid dienone is 6. The summed E-state index contributed by atoms with van der Waals surface area (Å²) in [7, 11) is 0. The van der Waals surface area contributed by atoms with Crippen molar-refractivity contribution in [3.63, 3.8) is 0 Å². The molecule has 224 valence electrons. The molecule has 4 unspecified atom stereocenters. The molecule has 4 atom stereocenters. The van der Waals surface area contributed by atoms with Crippen LogP contribution < -0.4 is 0 Å². The number of esters is 2. The van der Waals surface area contributed by atoms with Crippen molar-refractivity contribution in [1.29, 1.82) is 0 Å². The molecule has 1 rings (SSSR count). The first-order valence-corrected chi connectivity index (χ1v) is 16.1. The van der Waals surface area contributed by atoms with Gasteiger partial charge in [0.2, 0.25) is 0 Å². The predicted molar refractivity (Wildman–Crippen MR) is 164 cm³/mol. The van der Waals surface area contributed by atoms with Gasteiger partial charge in [-0.3, -0.25) is 9.59 Å². The molecule has 0 saturated carbocycles. The smallest absolute Gasteiger partial charge is 0.310 e. The maximum atomic E-state index is 13.4. The van der Waals surface area contributed by atoms with Crippen molar-refractivity contribution in [3.05, 3.63) is 34.9 Å². The van der Waals surface area contributed by atoms with E-state index in [4.69, 9.17) is 9.47 Å². The lowest BCUT2D eigenvalue weighted by Crippen LogP contribution is -2.36. The van der Waals surface area contributed by atoms with E-state index < -0.39 is 11.8 Å². The molecule has 0 fully saturated rings. The minimum absolute atomic E-state index is 0.219. The number of hydrogen-bond acceptors (Lipinski definition) is 4. The van der Waals surface area contributed by atoms with Crippen molar-refractivity contribution < 1.29 is 19.1 Å². The zero-order chi connectivity index (χ0) is 29.0. The van der Waals surface area contributed by atoms with Gasteiger partial charge in [0.1, 0.15) is 0 Å². The van der Waals surface area contributed by atoms with E-state index in [0.29, 0.717) is 37.9 Å². The van der Waals surface area contributed by atoms with E-state index in [0.717, 1.165) is 77.0 Å². The van der Waals surface area contributed by atoms with E-state index in [2.05, 4.69) is 66.7 Å². The zero-order valence-electron chi connectivity index (χ0n) is 26.5. The Morgan fingerprint density at radius 2 is 1.41 bits per heavy atom. The number of carbonyl (C=O) groups is 2. The van der Waals surface area contributed by atoms with Gasteiger partial charge in [-0.2, -0.15) is 0 Å². The lowest BCUT2D eigenvalue weighted by molar-refractivity contribution is -0.162. The molecule has 0 spiro atoms. The highest BCUT2D eigenvalue weighted by Gasteiger charge is 2.38. The van der Waals surface area contributed by atoms with Crippen LogP contribution >= 0.6 is 0 Å². The van der Waals surface area contributed by atoms with Crippen LogP contribution in [-0.4, -0.2) is 25.2 Å². The Hall–Kier alpha value is -1.84. The van der Waals surface area contributed by atoms with Crippen LogP contribution in [0.3, 0.4) is 0 Å². The molecule has 0 aliphatic heterocycles. The largest absolute Gasteiger partial charge is 0.465 e. The highest BCUT2D eigenvalue weighted by atomic mass is 16.5. The lowest BCUT2D eigenvalue weighted by Gasteiger charge is -2.29. The van der Waals surface area contributed by atoms with Crippen LogP contribution in [0.4, 0.5) is 0 Å². The van der Waals surface area contributed by atoms with Crippen LogP contribution in [0.2, 0.25) is 0 Å². The first kappa shape index (κ1) is 35.2. The Kier molecular flexibility index (Phi) is 18.9. The van der Waals surface area contributed by atoms with Gasteiger partial charge in [0, 0.05) is 0 Å². The fourth-order valence-corrected chi connectivity index (χ4v) is 5.28. The van der Waals surface area contributed by atoms with Crippen LogP contribution in [0.25, 0.3) is 0 Å². The Balaban J connectivity index is 2.85. The van der Waals surface area contributed by atoms with Crippen molar-refractivity contribution >= 4 is 11.9 Å². The summed E-state index contributed by atoms with van der Waals surface area (Å²) in [5.41, 5.74) is 4.04. The third kappa shape index (κ3) is 14.9. The van der Waals surface area contributed by atoms with Gasteiger partial charge in [0.05, 0.1) is 25.0 Å². The third-order valence-corrected chi connectivity index (χ3v) is 8.29. The van der Waals surface area contributed by atoms with Crippen LogP contribution in [0.5, 0.6) is 0 Å². The molecular weight excluding hydrogens is 484 g/mol. The second-order valence-corrected chi connectivity index (χ2v) is 12.0. The first-order valence-electron chi connectivity index (χ1n) is 16.1. The Labute approximate surface area is 241 Å². The van der Waals surface area contributed by atoms with Crippen molar-refractivity contribution in [2.75, 3.05) is 13.2 Å². The van der Waals surface area contributed by atoms with Gasteiger partial charge in [-0.1, -0.05) is 101 Å². The summed E-state index contributed by atoms with van der Waals surface area (Å²) in [6, 6.07) is 0. The normalized spacial score (nSPS) is 19.2. The molecule has 0 heterocycles. The average molecular weight is 545 g/mol. The number of unbranched alkanes of at least 4 members (excludes halogenated alkanes) is 2. The van der Waals surface area contributed by atoms with E-state index >= 15 is 0 Å². The Morgan fingerprint density at radius 3 is 1.92 bits per heavy atom. The van der Waals surface area contributed by atoms with Crippen molar-refractivity contribution in [1.82, 2.24) is 0 Å². The van der Waals surface area contributed by atoms with E-state index in [1.807, 2.05) is 0 Å². The van der Waals surface area contributed by atoms with Crippen LogP contribution in [0.15, 0.2) is 34.9 Å². The van der Waals surface area contributed by atoms with Gasteiger partial charge in [-0.15, -0.1) is 0 Å². The monoisotopic (exact) mass is 544 g/mol. The molecule has 1 aliphatic carbocycles. The molecule has 0 amide bonds. The molecule has 0 saturated heterocycles. The Bertz CT molecular complexity index is 786. The van der Waals surface area contributed by atoms with Crippen LogP contribution in [0.1, 0.15) is 138 Å². The van der Waals surface area contributed by atoms with Gasteiger partial charge < -0.3 is 9.47 Å². The van der Waals surface area contributed by atoms with E-state index in [-0.39, 0.29) is 11.9 Å². The average Bonchev–Trinajstić information content (AvgIpc) is 2.92. The fourth-order valence-electron chi connectivity index (χ4n) is 5.28. The maximum absolute atomic E-state index is 13.4. The zero-order valence-corrected chi connectivity index (χ0v) is 26.5. The van der Waals surface area contributed by atoms with Crippen LogP contribution in [-0.2, 0) is 19.1 Å². The summed E-state index contributed by atoms with van der Waals surface area (Å²) in [5.74, 6) is -0.549. The topological polar surface area (TPSA) is 52.6 Å². The number of rotatable bonds is 20. The summed E-state index contributed by atoms with van der Waals surface area (Å²) >= 11 is 0. The molecule has 0 aromatic carbocycles. The molecular formula is C35H60O4. The lowest BCUT2D eigenvalue weighted by atomic mass is 9.78. The molecule has 4 nitrogen and oxygen atoms in total. The molecule has 4 heteroatoms. The predicted octanol–water partition coefficient (Wildman–Crippen LogP) is 9.93. The second-order valence-electron chi connectivity index (χ2n) is 12.0. The number of carbonyl (C=O) groups excluding carboxylic acids is 2. The molecule has 0 aromatic rings. The first-order chi connectivity index (χ1) is 18.7.